The van der Waals surface area contributed by atoms with Gasteiger partial charge in [-0.1, -0.05) is 31.2 Å². The number of hydrogen-bond donors (Lipinski definition) is 2. The minimum atomic E-state index is -0.816. The lowest BCUT2D eigenvalue weighted by Gasteiger charge is -2.09. The summed E-state index contributed by atoms with van der Waals surface area (Å²) in [6.07, 6.45) is 0.461. The number of methoxy groups -OCH3 is 1. The van der Waals surface area contributed by atoms with Crippen LogP contribution < -0.4 is 5.32 Å². The van der Waals surface area contributed by atoms with Crippen LogP contribution in [0.25, 0.3) is 0 Å². The molecule has 0 spiro atoms. The molecule has 0 aromatic heterocycles. The predicted molar refractivity (Wildman–Crippen MR) is 92.1 cm³/mol. The van der Waals surface area contributed by atoms with E-state index in [1.165, 1.54) is 0 Å². The molecule has 2 N–H and O–H groups in total. The van der Waals surface area contributed by atoms with E-state index < -0.39 is 11.9 Å². The zero-order valence-corrected chi connectivity index (χ0v) is 13.8. The SMILES string of the molecule is COCc1cccc(C(=O)Nc2ccc(CC(C)C(=O)O)cc2)c1. The quantitative estimate of drug-likeness (QED) is 0.818. The molecule has 0 saturated heterocycles. The van der Waals surface area contributed by atoms with Gasteiger partial charge in [-0.3, -0.25) is 9.59 Å². The fourth-order valence-electron chi connectivity index (χ4n) is 2.34. The highest BCUT2D eigenvalue weighted by Crippen LogP contribution is 2.15. The number of rotatable bonds is 7. The average molecular weight is 327 g/mol. The van der Waals surface area contributed by atoms with Gasteiger partial charge < -0.3 is 15.2 Å². The van der Waals surface area contributed by atoms with Crippen LogP contribution in [-0.2, 0) is 22.6 Å². The van der Waals surface area contributed by atoms with Gasteiger partial charge in [0.2, 0.25) is 0 Å². The van der Waals surface area contributed by atoms with E-state index in [1.807, 2.05) is 24.3 Å². The third-order valence-corrected chi connectivity index (χ3v) is 3.68. The first kappa shape index (κ1) is 17.7. The van der Waals surface area contributed by atoms with Crippen LogP contribution in [0, 0.1) is 5.92 Å². The monoisotopic (exact) mass is 327 g/mol. The standard InChI is InChI=1S/C19H21NO4/c1-13(19(22)23)10-14-6-8-17(9-7-14)20-18(21)16-5-3-4-15(11-16)12-24-2/h3-9,11,13H,10,12H2,1-2H3,(H,20,21)(H,22,23). The largest absolute Gasteiger partial charge is 0.481 e. The Bertz CT molecular complexity index is 710. The van der Waals surface area contributed by atoms with Crippen molar-refractivity contribution in [1.82, 2.24) is 0 Å². The van der Waals surface area contributed by atoms with Crippen molar-refractivity contribution in [1.29, 1.82) is 0 Å². The van der Waals surface area contributed by atoms with Crippen molar-refractivity contribution in [2.75, 3.05) is 12.4 Å². The summed E-state index contributed by atoms with van der Waals surface area (Å²) in [6.45, 7) is 2.13. The Morgan fingerprint density at radius 1 is 1.12 bits per heavy atom. The van der Waals surface area contributed by atoms with E-state index >= 15 is 0 Å². The smallest absolute Gasteiger partial charge is 0.306 e. The molecule has 0 aliphatic rings. The molecule has 0 aliphatic heterocycles. The van der Waals surface area contributed by atoms with E-state index in [-0.39, 0.29) is 5.91 Å². The second-order valence-electron chi connectivity index (χ2n) is 5.73. The summed E-state index contributed by atoms with van der Waals surface area (Å²) in [5.41, 5.74) is 3.09. The first-order chi connectivity index (χ1) is 11.5. The Morgan fingerprint density at radius 2 is 1.83 bits per heavy atom. The van der Waals surface area contributed by atoms with E-state index in [1.54, 1.807) is 38.3 Å². The number of carbonyl (C=O) groups is 2. The Kier molecular flexibility index (Phi) is 6.09. The van der Waals surface area contributed by atoms with Crippen molar-refractivity contribution in [3.63, 3.8) is 0 Å². The highest BCUT2D eigenvalue weighted by Gasteiger charge is 2.12. The molecule has 0 heterocycles. The van der Waals surface area contributed by atoms with Crippen molar-refractivity contribution >= 4 is 17.6 Å². The molecule has 1 amide bonds. The van der Waals surface area contributed by atoms with E-state index in [0.717, 1.165) is 11.1 Å². The maximum atomic E-state index is 12.3. The molecular formula is C19H21NO4. The van der Waals surface area contributed by atoms with Gasteiger partial charge in [0.15, 0.2) is 0 Å². The number of carbonyl (C=O) groups excluding carboxylic acids is 1. The van der Waals surface area contributed by atoms with Gasteiger partial charge >= 0.3 is 5.97 Å². The summed E-state index contributed by atoms with van der Waals surface area (Å²) < 4.78 is 5.07. The van der Waals surface area contributed by atoms with E-state index in [2.05, 4.69) is 5.32 Å². The van der Waals surface area contributed by atoms with Gasteiger partial charge in [0.05, 0.1) is 12.5 Å². The van der Waals surface area contributed by atoms with Gasteiger partial charge in [-0.2, -0.15) is 0 Å². The average Bonchev–Trinajstić information content (AvgIpc) is 2.57. The van der Waals surface area contributed by atoms with Gasteiger partial charge in [0, 0.05) is 18.4 Å². The highest BCUT2D eigenvalue weighted by molar-refractivity contribution is 6.04. The Labute approximate surface area is 141 Å². The lowest BCUT2D eigenvalue weighted by Crippen LogP contribution is -2.13. The molecule has 2 aromatic carbocycles. The van der Waals surface area contributed by atoms with Crippen molar-refractivity contribution in [2.45, 2.75) is 20.0 Å². The number of aliphatic carboxylic acids is 1. The van der Waals surface area contributed by atoms with Crippen LogP contribution in [-0.4, -0.2) is 24.1 Å². The first-order valence-corrected chi connectivity index (χ1v) is 7.70. The number of amides is 1. The van der Waals surface area contributed by atoms with Gasteiger partial charge in [0.1, 0.15) is 0 Å². The second-order valence-corrected chi connectivity index (χ2v) is 5.73. The molecule has 0 aliphatic carbocycles. The molecule has 126 valence electrons. The number of anilines is 1. The summed E-state index contributed by atoms with van der Waals surface area (Å²) in [5, 5.41) is 11.8. The molecule has 1 atom stereocenters. The number of hydrogen-bond acceptors (Lipinski definition) is 3. The molecule has 24 heavy (non-hydrogen) atoms. The second kappa shape index (κ2) is 8.26. The number of ether oxygens (including phenoxy) is 1. The molecule has 0 radical (unpaired) electrons. The fourth-order valence-corrected chi connectivity index (χ4v) is 2.34. The number of nitrogens with one attached hydrogen (secondary N) is 1. The zero-order valence-electron chi connectivity index (χ0n) is 13.8. The topological polar surface area (TPSA) is 75.6 Å². The van der Waals surface area contributed by atoms with Crippen molar-refractivity contribution in [3.8, 4) is 0 Å². The summed E-state index contributed by atoms with van der Waals surface area (Å²) in [7, 11) is 1.61. The molecular weight excluding hydrogens is 306 g/mol. The van der Waals surface area contributed by atoms with Crippen LogP contribution in [0.1, 0.15) is 28.4 Å². The first-order valence-electron chi connectivity index (χ1n) is 7.70. The van der Waals surface area contributed by atoms with Gasteiger partial charge in [0.25, 0.3) is 5.91 Å². The van der Waals surface area contributed by atoms with Gasteiger partial charge in [-0.15, -0.1) is 0 Å². The van der Waals surface area contributed by atoms with E-state index in [4.69, 9.17) is 9.84 Å². The van der Waals surface area contributed by atoms with Crippen molar-refractivity contribution in [3.05, 3.63) is 65.2 Å². The van der Waals surface area contributed by atoms with Crippen LogP contribution in [0.4, 0.5) is 5.69 Å². The molecule has 0 bridgehead atoms. The Hall–Kier alpha value is -2.66. The third kappa shape index (κ3) is 4.93. The lowest BCUT2D eigenvalue weighted by molar-refractivity contribution is -0.141. The summed E-state index contributed by atoms with van der Waals surface area (Å²) >= 11 is 0. The van der Waals surface area contributed by atoms with Crippen LogP contribution in [0.5, 0.6) is 0 Å². The van der Waals surface area contributed by atoms with E-state index in [9.17, 15) is 9.59 Å². The summed E-state index contributed by atoms with van der Waals surface area (Å²) in [4.78, 5) is 23.2. The number of carboxylic acid groups (broad SMARTS) is 1. The maximum absolute atomic E-state index is 12.3. The Morgan fingerprint density at radius 3 is 2.46 bits per heavy atom. The van der Waals surface area contributed by atoms with Crippen LogP contribution in [0.3, 0.4) is 0 Å². The summed E-state index contributed by atoms with van der Waals surface area (Å²) in [5.74, 6) is -1.45. The van der Waals surface area contributed by atoms with Gasteiger partial charge in [-0.25, -0.2) is 0 Å². The maximum Gasteiger partial charge on any atom is 0.306 e. The molecule has 2 aromatic rings. The molecule has 1 unspecified atom stereocenters. The normalized spacial score (nSPS) is 11.8. The lowest BCUT2D eigenvalue weighted by atomic mass is 10.0. The van der Waals surface area contributed by atoms with Crippen LogP contribution in [0.2, 0.25) is 0 Å². The number of carboxylic acids is 1. The molecule has 0 fully saturated rings. The minimum Gasteiger partial charge on any atom is -0.481 e. The molecule has 5 heteroatoms. The number of benzene rings is 2. The zero-order chi connectivity index (χ0) is 17.5. The van der Waals surface area contributed by atoms with Gasteiger partial charge in [-0.05, 0) is 41.8 Å². The van der Waals surface area contributed by atoms with Crippen molar-refractivity contribution in [2.24, 2.45) is 5.92 Å². The third-order valence-electron chi connectivity index (χ3n) is 3.68. The minimum absolute atomic E-state index is 0.195. The molecule has 5 nitrogen and oxygen atoms in total. The Balaban J connectivity index is 2.01. The van der Waals surface area contributed by atoms with E-state index in [0.29, 0.717) is 24.3 Å². The van der Waals surface area contributed by atoms with Crippen molar-refractivity contribution < 1.29 is 19.4 Å². The highest BCUT2D eigenvalue weighted by atomic mass is 16.5. The van der Waals surface area contributed by atoms with Crippen LogP contribution in [0.15, 0.2) is 48.5 Å². The summed E-state index contributed by atoms with van der Waals surface area (Å²) in [6, 6.07) is 14.5. The molecule has 2 rings (SSSR count). The molecule has 0 saturated carbocycles. The van der Waals surface area contributed by atoms with Crippen LogP contribution >= 0.6 is 0 Å². The predicted octanol–water partition coefficient (Wildman–Crippen LogP) is 3.35. The fraction of sp³-hybridized carbons (Fsp3) is 0.263.